The Morgan fingerprint density at radius 1 is 1.24 bits per heavy atom. The molecule has 2 aromatic heterocycles. The first-order chi connectivity index (χ1) is 16.3. The predicted octanol–water partition coefficient (Wildman–Crippen LogP) is 2.63. The van der Waals surface area contributed by atoms with Crippen molar-refractivity contribution in [3.8, 4) is 0 Å². The Morgan fingerprint density at radius 3 is 2.74 bits per heavy atom. The van der Waals surface area contributed by atoms with Crippen LogP contribution >= 0.6 is 0 Å². The largest absolute Gasteiger partial charge is 0.361 e. The number of likely N-dealkylation sites (tertiary alicyclic amines) is 1. The number of carbonyl (C=O) groups is 3. The minimum absolute atomic E-state index is 0.0550. The maximum atomic E-state index is 13.2. The van der Waals surface area contributed by atoms with Crippen LogP contribution in [0.1, 0.15) is 67.6 Å². The van der Waals surface area contributed by atoms with E-state index in [1.807, 2.05) is 31.2 Å². The first-order valence-electron chi connectivity index (χ1n) is 11.6. The number of aromatic nitrogens is 3. The second kappa shape index (κ2) is 10.1. The number of piperidine rings is 1. The first-order valence-corrected chi connectivity index (χ1v) is 11.6. The minimum atomic E-state index is -1.07. The van der Waals surface area contributed by atoms with Crippen molar-refractivity contribution in [1.29, 1.82) is 0 Å². The van der Waals surface area contributed by atoms with Gasteiger partial charge in [0.05, 0.1) is 23.5 Å². The molecule has 0 unspecified atom stereocenters. The zero-order chi connectivity index (χ0) is 24.2. The Kier molecular flexibility index (Phi) is 6.95. The maximum Gasteiger partial charge on any atom is 0.274 e. The molecular weight excluding hydrogens is 436 g/mol. The number of nitrogens with one attached hydrogen (secondary N) is 3. The van der Waals surface area contributed by atoms with Crippen molar-refractivity contribution in [3.63, 3.8) is 0 Å². The lowest BCUT2D eigenvalue weighted by Crippen LogP contribution is -2.51. The van der Waals surface area contributed by atoms with Gasteiger partial charge in [-0.05, 0) is 52.2 Å². The highest BCUT2D eigenvalue weighted by Gasteiger charge is 2.31. The van der Waals surface area contributed by atoms with Crippen LogP contribution in [0.5, 0.6) is 0 Å². The Hall–Kier alpha value is -3.69. The summed E-state index contributed by atoms with van der Waals surface area (Å²) >= 11 is 0. The van der Waals surface area contributed by atoms with Crippen LogP contribution < -0.4 is 10.6 Å². The molecule has 3 aromatic rings. The summed E-state index contributed by atoms with van der Waals surface area (Å²) in [6, 6.07) is 7.63. The van der Waals surface area contributed by atoms with Gasteiger partial charge in [-0.3, -0.25) is 14.4 Å². The molecule has 10 nitrogen and oxygen atoms in total. The summed E-state index contributed by atoms with van der Waals surface area (Å²) in [5, 5.41) is 9.25. The van der Waals surface area contributed by atoms with E-state index < -0.39 is 23.9 Å². The number of aryl methyl sites for hydroxylation is 1. The van der Waals surface area contributed by atoms with E-state index in [2.05, 4.69) is 25.8 Å². The highest BCUT2D eigenvalue weighted by Crippen LogP contribution is 2.19. The minimum Gasteiger partial charge on any atom is -0.361 e. The molecule has 1 saturated heterocycles. The maximum absolute atomic E-state index is 13.2. The lowest BCUT2D eigenvalue weighted by Gasteiger charge is -2.34. The zero-order valence-electron chi connectivity index (χ0n) is 19.6. The summed E-state index contributed by atoms with van der Waals surface area (Å²) < 4.78 is 4.97. The van der Waals surface area contributed by atoms with E-state index in [1.54, 1.807) is 18.7 Å². The van der Waals surface area contributed by atoms with Gasteiger partial charge in [-0.25, -0.2) is 4.98 Å². The fourth-order valence-electron chi connectivity index (χ4n) is 4.24. The van der Waals surface area contributed by atoms with Gasteiger partial charge in [0.15, 0.2) is 5.69 Å². The number of nitrogens with zero attached hydrogens (tertiary/aromatic N) is 3. The lowest BCUT2D eigenvalue weighted by atomic mass is 10.0. The van der Waals surface area contributed by atoms with Gasteiger partial charge in [-0.2, -0.15) is 0 Å². The van der Waals surface area contributed by atoms with Crippen LogP contribution in [0.25, 0.3) is 11.0 Å². The number of H-pyrrole nitrogens is 1. The highest BCUT2D eigenvalue weighted by atomic mass is 16.5. The molecule has 1 aliphatic heterocycles. The second-order valence-corrected chi connectivity index (χ2v) is 8.85. The number of hydrogen-bond donors (Lipinski definition) is 3. The number of fused-ring (bicyclic) bond motifs is 1. The molecule has 34 heavy (non-hydrogen) atoms. The molecule has 0 spiro atoms. The summed E-state index contributed by atoms with van der Waals surface area (Å²) in [4.78, 5) is 48.5. The average molecular weight is 467 g/mol. The van der Waals surface area contributed by atoms with E-state index >= 15 is 0 Å². The van der Waals surface area contributed by atoms with Gasteiger partial charge in [0.2, 0.25) is 11.8 Å². The summed E-state index contributed by atoms with van der Waals surface area (Å²) in [6.45, 7) is 6.13. The third-order valence-electron chi connectivity index (χ3n) is 6.16. The molecule has 0 saturated carbocycles. The van der Waals surface area contributed by atoms with Crippen LogP contribution in [-0.4, -0.2) is 56.4 Å². The fraction of sp³-hybridized carbons (Fsp3) is 0.458. The SMILES string of the molecule is Cc1cc(C(=O)N[C@@H](CC(=O)N2CCCC[C@@H]2C)C(=O)N[C@@H](C)c2nc3ccccc3[nH]2)no1. The van der Waals surface area contributed by atoms with Crippen LogP contribution in [0.4, 0.5) is 0 Å². The van der Waals surface area contributed by atoms with Gasteiger partial charge in [0.25, 0.3) is 5.91 Å². The third kappa shape index (κ3) is 5.27. The third-order valence-corrected chi connectivity index (χ3v) is 6.16. The standard InChI is InChI=1S/C24H30N6O4/c1-14-8-6-7-11-30(14)21(31)13-19(28-24(33)20-12-15(2)34-29-20)23(32)25-16(3)22-26-17-9-4-5-10-18(17)27-22/h4-5,9-10,12,14,16,19H,6-8,11,13H2,1-3H3,(H,25,32)(H,26,27)(H,28,33)/t14-,16-,19-/m0/s1. The smallest absolute Gasteiger partial charge is 0.274 e. The summed E-state index contributed by atoms with van der Waals surface area (Å²) in [6.07, 6.45) is 2.79. The molecule has 4 rings (SSSR count). The van der Waals surface area contributed by atoms with Crippen LogP contribution in [-0.2, 0) is 9.59 Å². The monoisotopic (exact) mass is 466 g/mol. The van der Waals surface area contributed by atoms with E-state index in [9.17, 15) is 14.4 Å². The summed E-state index contributed by atoms with van der Waals surface area (Å²) in [5.41, 5.74) is 1.71. The van der Waals surface area contributed by atoms with Gasteiger partial charge in [-0.1, -0.05) is 17.3 Å². The van der Waals surface area contributed by atoms with Gasteiger partial charge < -0.3 is 25.0 Å². The second-order valence-electron chi connectivity index (χ2n) is 8.85. The Balaban J connectivity index is 1.49. The van der Waals surface area contributed by atoms with Gasteiger partial charge >= 0.3 is 0 Å². The molecule has 3 atom stereocenters. The van der Waals surface area contributed by atoms with Crippen LogP contribution in [0.15, 0.2) is 34.9 Å². The summed E-state index contributed by atoms with van der Waals surface area (Å²) in [7, 11) is 0. The number of aromatic amines is 1. The number of carbonyl (C=O) groups excluding carboxylic acids is 3. The molecule has 3 heterocycles. The first kappa shape index (κ1) is 23.5. The van der Waals surface area contributed by atoms with Crippen molar-refractivity contribution in [2.75, 3.05) is 6.54 Å². The predicted molar refractivity (Wildman–Crippen MR) is 125 cm³/mol. The van der Waals surface area contributed by atoms with Crippen molar-refractivity contribution >= 4 is 28.8 Å². The molecule has 3 N–H and O–H groups in total. The number of imidazole rings is 1. The van der Waals surface area contributed by atoms with Gasteiger partial charge in [-0.15, -0.1) is 0 Å². The topological polar surface area (TPSA) is 133 Å². The number of amides is 3. The van der Waals surface area contributed by atoms with Gasteiger partial charge in [0.1, 0.15) is 17.6 Å². The fourth-order valence-corrected chi connectivity index (χ4v) is 4.24. The van der Waals surface area contributed by atoms with Gasteiger partial charge in [0, 0.05) is 18.7 Å². The van der Waals surface area contributed by atoms with E-state index in [0.717, 1.165) is 30.3 Å². The molecular formula is C24H30N6O4. The van der Waals surface area contributed by atoms with E-state index in [-0.39, 0.29) is 24.1 Å². The van der Waals surface area contributed by atoms with Crippen LogP contribution in [0.3, 0.4) is 0 Å². The normalized spacial score (nSPS) is 17.9. The van der Waals surface area contributed by atoms with E-state index in [1.165, 1.54) is 6.07 Å². The van der Waals surface area contributed by atoms with Crippen molar-refractivity contribution in [2.24, 2.45) is 0 Å². The molecule has 1 aromatic carbocycles. The molecule has 0 aliphatic carbocycles. The zero-order valence-corrected chi connectivity index (χ0v) is 19.6. The molecule has 3 amide bonds. The number of rotatable bonds is 7. The van der Waals surface area contributed by atoms with E-state index in [0.29, 0.717) is 18.1 Å². The number of benzene rings is 1. The molecule has 1 fully saturated rings. The molecule has 180 valence electrons. The number of hydrogen-bond acceptors (Lipinski definition) is 6. The molecule has 0 bridgehead atoms. The lowest BCUT2D eigenvalue weighted by molar-refractivity contribution is -0.137. The quantitative estimate of drug-likeness (QED) is 0.490. The van der Waals surface area contributed by atoms with Crippen LogP contribution in [0, 0.1) is 6.92 Å². The molecule has 10 heteroatoms. The molecule has 1 aliphatic rings. The molecule has 0 radical (unpaired) electrons. The number of para-hydroxylation sites is 2. The van der Waals surface area contributed by atoms with Crippen molar-refractivity contribution in [2.45, 2.75) is 64.6 Å². The summed E-state index contributed by atoms with van der Waals surface area (Å²) in [5.74, 6) is -0.154. The Labute approximate surface area is 197 Å². The highest BCUT2D eigenvalue weighted by molar-refractivity contribution is 5.97. The van der Waals surface area contributed by atoms with Crippen molar-refractivity contribution in [1.82, 2.24) is 30.7 Å². The average Bonchev–Trinajstić information content (AvgIpc) is 3.45. The Bertz CT molecular complexity index is 1150. The van der Waals surface area contributed by atoms with Crippen molar-refractivity contribution < 1.29 is 18.9 Å². The van der Waals surface area contributed by atoms with Crippen molar-refractivity contribution in [3.05, 3.63) is 47.6 Å². The van der Waals surface area contributed by atoms with E-state index in [4.69, 9.17) is 4.52 Å². The Morgan fingerprint density at radius 2 is 2.03 bits per heavy atom. The van der Waals surface area contributed by atoms with Crippen LogP contribution in [0.2, 0.25) is 0 Å².